The maximum Gasteiger partial charge on any atom is 0.281 e. The Morgan fingerprint density at radius 1 is 1.12 bits per heavy atom. The van der Waals surface area contributed by atoms with Gasteiger partial charge in [0.1, 0.15) is 11.8 Å². The van der Waals surface area contributed by atoms with Crippen molar-refractivity contribution in [2.24, 2.45) is 0 Å². The molecular weight excluding hydrogens is 356 g/mol. The molecule has 6 nitrogen and oxygen atoms in total. The lowest BCUT2D eigenvalue weighted by atomic mass is 10.0. The Kier molecular flexibility index (Phi) is 5.34. The maximum atomic E-state index is 11.6. The molecule has 0 spiro atoms. The highest BCUT2D eigenvalue weighted by Gasteiger charge is 2.21. The van der Waals surface area contributed by atoms with Gasteiger partial charge in [0.25, 0.3) is 5.69 Å². The first kappa shape index (κ1) is 17.7. The van der Waals surface area contributed by atoms with E-state index in [2.05, 4.69) is 4.98 Å². The molecule has 3 rings (SSSR count). The number of pyridine rings is 1. The molecule has 26 heavy (non-hydrogen) atoms. The highest BCUT2D eigenvalue weighted by Crippen LogP contribution is 2.40. The Labute approximate surface area is 155 Å². The third-order valence-electron chi connectivity index (χ3n) is 3.75. The number of hydrogen-bond donors (Lipinski definition) is 0. The number of aromatic nitrogens is 1. The van der Waals surface area contributed by atoms with E-state index in [1.807, 2.05) is 30.3 Å². The molecule has 7 heteroatoms. The zero-order chi connectivity index (χ0) is 18.5. The molecule has 0 aliphatic carbocycles. The fourth-order valence-corrected chi connectivity index (χ4v) is 2.59. The number of methoxy groups -OCH3 is 1. The van der Waals surface area contributed by atoms with Gasteiger partial charge in [-0.3, -0.25) is 10.1 Å². The first-order valence-corrected chi connectivity index (χ1v) is 8.11. The Hall–Kier alpha value is -3.12. The Morgan fingerprint density at radius 2 is 1.88 bits per heavy atom. The van der Waals surface area contributed by atoms with Gasteiger partial charge in [-0.2, -0.15) is 0 Å². The summed E-state index contributed by atoms with van der Waals surface area (Å²) in [7, 11) is 1.49. The van der Waals surface area contributed by atoms with Crippen LogP contribution in [0, 0.1) is 10.1 Å². The minimum Gasteiger partial charge on any atom is -0.493 e. The lowest BCUT2D eigenvalue weighted by molar-refractivity contribution is -0.384. The number of ether oxygens (including phenoxy) is 2. The van der Waals surface area contributed by atoms with E-state index in [-0.39, 0.29) is 12.3 Å². The summed E-state index contributed by atoms with van der Waals surface area (Å²) in [6.45, 7) is 0.274. The molecule has 0 bridgehead atoms. The number of nitro groups is 1. The number of hydrogen-bond acceptors (Lipinski definition) is 5. The molecule has 132 valence electrons. The van der Waals surface area contributed by atoms with Crippen LogP contribution in [0.1, 0.15) is 5.56 Å². The average Bonchev–Trinajstić information content (AvgIpc) is 2.67. The van der Waals surface area contributed by atoms with Gasteiger partial charge in [-0.1, -0.05) is 41.9 Å². The van der Waals surface area contributed by atoms with E-state index in [9.17, 15) is 10.1 Å². The van der Waals surface area contributed by atoms with E-state index in [0.717, 1.165) is 5.56 Å². The molecule has 0 aliphatic heterocycles. The number of benzene rings is 2. The molecule has 0 aliphatic rings. The number of halogens is 1. The van der Waals surface area contributed by atoms with Crippen molar-refractivity contribution < 1.29 is 14.4 Å². The molecular formula is C19H15ClN2O4. The highest BCUT2D eigenvalue weighted by molar-refractivity contribution is 6.29. The molecule has 0 atom stereocenters. The van der Waals surface area contributed by atoms with Crippen molar-refractivity contribution in [2.45, 2.75) is 6.61 Å². The van der Waals surface area contributed by atoms with E-state index >= 15 is 0 Å². The van der Waals surface area contributed by atoms with Gasteiger partial charge in [0.2, 0.25) is 0 Å². The predicted octanol–water partition coefficient (Wildman–Crippen LogP) is 4.90. The summed E-state index contributed by atoms with van der Waals surface area (Å²) < 4.78 is 11.1. The predicted molar refractivity (Wildman–Crippen MR) is 98.7 cm³/mol. The van der Waals surface area contributed by atoms with E-state index in [1.54, 1.807) is 18.2 Å². The van der Waals surface area contributed by atoms with Gasteiger partial charge >= 0.3 is 0 Å². The second kappa shape index (κ2) is 7.84. The van der Waals surface area contributed by atoms with Gasteiger partial charge in [-0.05, 0) is 23.8 Å². The van der Waals surface area contributed by atoms with Crippen molar-refractivity contribution in [1.82, 2.24) is 4.98 Å². The lowest BCUT2D eigenvalue weighted by Gasteiger charge is -2.13. The maximum absolute atomic E-state index is 11.6. The minimum atomic E-state index is -0.460. The first-order chi connectivity index (χ1) is 12.6. The third kappa shape index (κ3) is 3.92. The normalized spacial score (nSPS) is 10.4. The fraction of sp³-hybridized carbons (Fsp3) is 0.105. The third-order valence-corrected chi connectivity index (χ3v) is 3.98. The van der Waals surface area contributed by atoms with Crippen LogP contribution in [-0.4, -0.2) is 17.0 Å². The summed E-state index contributed by atoms with van der Waals surface area (Å²) >= 11 is 5.80. The van der Waals surface area contributed by atoms with Crippen molar-refractivity contribution in [1.29, 1.82) is 0 Å². The zero-order valence-corrected chi connectivity index (χ0v) is 14.6. The first-order valence-electron chi connectivity index (χ1n) is 7.73. The van der Waals surface area contributed by atoms with Crippen LogP contribution < -0.4 is 9.47 Å². The van der Waals surface area contributed by atoms with Crippen LogP contribution in [0.5, 0.6) is 11.5 Å². The quantitative estimate of drug-likeness (QED) is 0.350. The monoisotopic (exact) mass is 370 g/mol. The molecule has 0 amide bonds. The number of nitro benzene ring substituents is 1. The number of nitrogens with zero attached hydrogens (tertiary/aromatic N) is 2. The molecule has 0 N–H and O–H groups in total. The van der Waals surface area contributed by atoms with E-state index < -0.39 is 4.92 Å². The fourth-order valence-electron chi connectivity index (χ4n) is 2.47. The minimum absolute atomic E-state index is 0.0991. The van der Waals surface area contributed by atoms with Gasteiger partial charge in [0.05, 0.1) is 23.7 Å². The van der Waals surface area contributed by atoms with Gasteiger partial charge < -0.3 is 9.47 Å². The molecule has 0 radical (unpaired) electrons. The van der Waals surface area contributed by atoms with E-state index in [4.69, 9.17) is 21.1 Å². The van der Waals surface area contributed by atoms with Crippen LogP contribution in [0.2, 0.25) is 5.15 Å². The second-order valence-corrected chi connectivity index (χ2v) is 5.81. The van der Waals surface area contributed by atoms with Gasteiger partial charge in [0, 0.05) is 11.8 Å². The largest absolute Gasteiger partial charge is 0.493 e. The Balaban J connectivity index is 1.99. The molecule has 1 heterocycles. The van der Waals surface area contributed by atoms with Crippen LogP contribution in [0.25, 0.3) is 11.1 Å². The Morgan fingerprint density at radius 3 is 2.50 bits per heavy atom. The lowest BCUT2D eigenvalue weighted by Crippen LogP contribution is -2.00. The van der Waals surface area contributed by atoms with Crippen LogP contribution in [0.15, 0.2) is 60.8 Å². The van der Waals surface area contributed by atoms with Crippen LogP contribution in [0.3, 0.4) is 0 Å². The smallest absolute Gasteiger partial charge is 0.281 e. The van der Waals surface area contributed by atoms with Crippen molar-refractivity contribution in [3.63, 3.8) is 0 Å². The molecule has 2 aromatic carbocycles. The average molecular weight is 371 g/mol. The molecule has 0 unspecified atom stereocenters. The summed E-state index contributed by atoms with van der Waals surface area (Å²) in [5.41, 5.74) is 1.79. The molecule has 3 aromatic rings. The second-order valence-electron chi connectivity index (χ2n) is 5.42. The molecule has 1 aromatic heterocycles. The Bertz CT molecular complexity index is 915. The van der Waals surface area contributed by atoms with E-state index in [1.165, 1.54) is 19.4 Å². The standard InChI is InChI=1S/C19H15ClN2O4/c1-25-17-9-15(14-7-8-19(20)21-11-14)16(22(23)24)10-18(17)26-12-13-5-3-2-4-6-13/h2-11H,12H2,1H3. The van der Waals surface area contributed by atoms with Crippen molar-refractivity contribution in [3.05, 3.63) is 81.6 Å². The number of rotatable bonds is 6. The summed E-state index contributed by atoms with van der Waals surface area (Å²) in [5, 5.41) is 11.9. The summed E-state index contributed by atoms with van der Waals surface area (Å²) in [6, 6.07) is 15.7. The van der Waals surface area contributed by atoms with Crippen molar-refractivity contribution >= 4 is 17.3 Å². The summed E-state index contributed by atoms with van der Waals surface area (Å²) in [6.07, 6.45) is 1.48. The van der Waals surface area contributed by atoms with Crippen LogP contribution in [-0.2, 0) is 6.61 Å². The van der Waals surface area contributed by atoms with E-state index in [0.29, 0.717) is 27.8 Å². The summed E-state index contributed by atoms with van der Waals surface area (Å²) in [5.74, 6) is 0.699. The topological polar surface area (TPSA) is 74.5 Å². The molecule has 0 saturated carbocycles. The van der Waals surface area contributed by atoms with Crippen molar-refractivity contribution in [2.75, 3.05) is 7.11 Å². The van der Waals surface area contributed by atoms with Crippen LogP contribution >= 0.6 is 11.6 Å². The zero-order valence-electron chi connectivity index (χ0n) is 13.9. The molecule has 0 saturated heterocycles. The van der Waals surface area contributed by atoms with Crippen LogP contribution in [0.4, 0.5) is 5.69 Å². The highest BCUT2D eigenvalue weighted by atomic mass is 35.5. The SMILES string of the molecule is COc1cc(-c2ccc(Cl)nc2)c([N+](=O)[O-])cc1OCc1ccccc1. The van der Waals surface area contributed by atoms with Gasteiger partial charge in [-0.15, -0.1) is 0 Å². The molecule has 0 fully saturated rings. The van der Waals surface area contributed by atoms with Crippen molar-refractivity contribution in [3.8, 4) is 22.6 Å². The van der Waals surface area contributed by atoms with Gasteiger partial charge in [-0.25, -0.2) is 4.98 Å². The van der Waals surface area contributed by atoms with Gasteiger partial charge in [0.15, 0.2) is 11.5 Å². The summed E-state index contributed by atoms with van der Waals surface area (Å²) in [4.78, 5) is 15.1.